The van der Waals surface area contributed by atoms with Gasteiger partial charge in [0, 0.05) is 5.41 Å². The standard InChI is InChI=1S/C9H14O9/c10-2-9(3-11,4-12)1-5(6(13)14)7(15)18-8(16)17/h5,10-12H,1-4H2,(H,13,14)(H,16,17). The van der Waals surface area contributed by atoms with Gasteiger partial charge in [-0.15, -0.1) is 0 Å². The lowest BCUT2D eigenvalue weighted by Crippen LogP contribution is -2.40. The number of aliphatic hydroxyl groups excluding tert-OH is 3. The second kappa shape index (κ2) is 6.89. The van der Waals surface area contributed by atoms with Gasteiger partial charge >= 0.3 is 18.1 Å². The van der Waals surface area contributed by atoms with E-state index in [1.807, 2.05) is 0 Å². The summed E-state index contributed by atoms with van der Waals surface area (Å²) in [5, 5.41) is 43.9. The Hall–Kier alpha value is -1.71. The zero-order chi connectivity index (χ0) is 14.3. The minimum atomic E-state index is -1.96. The van der Waals surface area contributed by atoms with Crippen LogP contribution >= 0.6 is 0 Å². The van der Waals surface area contributed by atoms with E-state index in [2.05, 4.69) is 4.74 Å². The zero-order valence-corrected chi connectivity index (χ0v) is 9.27. The average molecular weight is 266 g/mol. The summed E-state index contributed by atoms with van der Waals surface area (Å²) in [7, 11) is 0. The molecule has 0 aliphatic rings. The highest BCUT2D eigenvalue weighted by molar-refractivity contribution is 5.97. The maximum absolute atomic E-state index is 11.2. The first kappa shape index (κ1) is 16.3. The van der Waals surface area contributed by atoms with Crippen LogP contribution in [0.4, 0.5) is 4.79 Å². The number of carboxylic acids is 1. The number of rotatable bonds is 7. The van der Waals surface area contributed by atoms with Gasteiger partial charge in [0.1, 0.15) is 0 Å². The Balaban J connectivity index is 4.97. The lowest BCUT2D eigenvalue weighted by Gasteiger charge is -2.28. The summed E-state index contributed by atoms with van der Waals surface area (Å²) in [6.45, 7) is -2.32. The topological polar surface area (TPSA) is 162 Å². The van der Waals surface area contributed by atoms with E-state index in [0.717, 1.165) is 0 Å². The lowest BCUT2D eigenvalue weighted by molar-refractivity contribution is -0.158. The van der Waals surface area contributed by atoms with E-state index in [1.165, 1.54) is 0 Å². The van der Waals surface area contributed by atoms with Crippen LogP contribution in [0.2, 0.25) is 0 Å². The molecule has 0 radical (unpaired) electrons. The largest absolute Gasteiger partial charge is 0.513 e. The van der Waals surface area contributed by atoms with Crippen molar-refractivity contribution in [1.82, 2.24) is 0 Å². The molecular weight excluding hydrogens is 252 g/mol. The third-order valence-electron chi connectivity index (χ3n) is 2.41. The van der Waals surface area contributed by atoms with Crippen LogP contribution in [-0.4, -0.2) is 63.4 Å². The number of esters is 1. The monoisotopic (exact) mass is 266 g/mol. The number of hydrogen-bond donors (Lipinski definition) is 5. The van der Waals surface area contributed by atoms with Crippen LogP contribution in [0.25, 0.3) is 0 Å². The Morgan fingerprint density at radius 1 is 1.00 bits per heavy atom. The van der Waals surface area contributed by atoms with Crippen molar-refractivity contribution in [3.05, 3.63) is 0 Å². The molecule has 0 aromatic rings. The molecule has 0 amide bonds. The van der Waals surface area contributed by atoms with E-state index >= 15 is 0 Å². The fourth-order valence-corrected chi connectivity index (χ4v) is 1.21. The Morgan fingerprint density at radius 2 is 1.44 bits per heavy atom. The number of carbonyl (C=O) groups excluding carboxylic acids is 1. The van der Waals surface area contributed by atoms with E-state index in [-0.39, 0.29) is 0 Å². The van der Waals surface area contributed by atoms with Crippen LogP contribution in [0.5, 0.6) is 0 Å². The fraction of sp³-hybridized carbons (Fsp3) is 0.667. The fourth-order valence-electron chi connectivity index (χ4n) is 1.21. The predicted molar refractivity (Wildman–Crippen MR) is 53.6 cm³/mol. The molecule has 0 heterocycles. The van der Waals surface area contributed by atoms with Gasteiger partial charge in [-0.2, -0.15) is 0 Å². The summed E-state index contributed by atoms with van der Waals surface area (Å²) >= 11 is 0. The molecule has 104 valence electrons. The number of carboxylic acid groups (broad SMARTS) is 2. The normalized spacial score (nSPS) is 12.8. The van der Waals surface area contributed by atoms with Crippen LogP contribution in [0.3, 0.4) is 0 Å². The summed E-state index contributed by atoms with van der Waals surface area (Å²) in [6.07, 6.45) is -2.62. The van der Waals surface area contributed by atoms with Gasteiger partial charge in [-0.3, -0.25) is 9.59 Å². The van der Waals surface area contributed by atoms with Crippen molar-refractivity contribution in [2.24, 2.45) is 11.3 Å². The summed E-state index contributed by atoms with van der Waals surface area (Å²) in [4.78, 5) is 32.1. The number of aliphatic carboxylic acids is 1. The third kappa shape index (κ3) is 4.28. The molecule has 0 saturated heterocycles. The summed E-state index contributed by atoms with van der Waals surface area (Å²) in [6, 6.07) is 0. The molecule has 0 aromatic carbocycles. The average Bonchev–Trinajstić information content (AvgIpc) is 2.30. The summed E-state index contributed by atoms with van der Waals surface area (Å²) in [5.74, 6) is -5.14. The molecule has 0 bridgehead atoms. The van der Waals surface area contributed by atoms with Gasteiger partial charge in [0.25, 0.3) is 0 Å². The molecule has 1 unspecified atom stereocenters. The van der Waals surface area contributed by atoms with Gasteiger partial charge < -0.3 is 30.3 Å². The molecule has 0 spiro atoms. The quantitative estimate of drug-likeness (QED) is 0.266. The molecule has 1 atom stereocenters. The molecule has 9 nitrogen and oxygen atoms in total. The zero-order valence-electron chi connectivity index (χ0n) is 9.27. The number of carbonyl (C=O) groups is 3. The Bertz CT molecular complexity index is 312. The number of hydrogen-bond acceptors (Lipinski definition) is 7. The predicted octanol–water partition coefficient (Wildman–Crippen LogP) is -1.74. The van der Waals surface area contributed by atoms with E-state index in [1.54, 1.807) is 0 Å². The van der Waals surface area contributed by atoms with Crippen molar-refractivity contribution < 1.29 is 44.7 Å². The Kier molecular flexibility index (Phi) is 6.23. The smallest absolute Gasteiger partial charge is 0.481 e. The van der Waals surface area contributed by atoms with E-state index in [4.69, 9.17) is 25.5 Å². The van der Waals surface area contributed by atoms with Crippen molar-refractivity contribution >= 4 is 18.1 Å². The van der Waals surface area contributed by atoms with Crippen LogP contribution in [0, 0.1) is 11.3 Å². The van der Waals surface area contributed by atoms with Crippen molar-refractivity contribution in [2.45, 2.75) is 6.42 Å². The molecule has 0 fully saturated rings. The molecular formula is C9H14O9. The number of aliphatic hydroxyl groups is 3. The maximum Gasteiger partial charge on any atom is 0.513 e. The van der Waals surface area contributed by atoms with E-state index < -0.39 is 55.7 Å². The molecule has 5 N–H and O–H groups in total. The van der Waals surface area contributed by atoms with Gasteiger partial charge in [-0.1, -0.05) is 0 Å². The van der Waals surface area contributed by atoms with Crippen molar-refractivity contribution in [1.29, 1.82) is 0 Å². The first-order valence-corrected chi connectivity index (χ1v) is 4.82. The molecule has 0 aliphatic carbocycles. The highest BCUT2D eigenvalue weighted by Gasteiger charge is 2.39. The van der Waals surface area contributed by atoms with Gasteiger partial charge in [0.05, 0.1) is 19.8 Å². The minimum absolute atomic E-state index is 0.655. The maximum atomic E-state index is 11.2. The van der Waals surface area contributed by atoms with Crippen LogP contribution in [-0.2, 0) is 14.3 Å². The van der Waals surface area contributed by atoms with Crippen molar-refractivity contribution in [2.75, 3.05) is 19.8 Å². The molecule has 0 saturated carbocycles. The SMILES string of the molecule is O=C(O)OC(=O)C(CC(CO)(CO)CO)C(=O)O. The van der Waals surface area contributed by atoms with Crippen LogP contribution in [0.1, 0.15) is 6.42 Å². The molecule has 9 heteroatoms. The molecule has 0 rings (SSSR count). The highest BCUT2D eigenvalue weighted by atomic mass is 16.7. The van der Waals surface area contributed by atoms with E-state index in [9.17, 15) is 14.4 Å². The highest BCUT2D eigenvalue weighted by Crippen LogP contribution is 2.26. The molecule has 0 aliphatic heterocycles. The van der Waals surface area contributed by atoms with Crippen LogP contribution < -0.4 is 0 Å². The number of ether oxygens (including phenoxy) is 1. The first-order valence-electron chi connectivity index (χ1n) is 4.82. The third-order valence-corrected chi connectivity index (χ3v) is 2.41. The van der Waals surface area contributed by atoms with Crippen LogP contribution in [0.15, 0.2) is 0 Å². The van der Waals surface area contributed by atoms with Crippen molar-refractivity contribution in [3.63, 3.8) is 0 Å². The van der Waals surface area contributed by atoms with Gasteiger partial charge in [-0.05, 0) is 6.42 Å². The second-order valence-electron chi connectivity index (χ2n) is 3.76. The lowest BCUT2D eigenvalue weighted by atomic mass is 9.81. The molecule has 18 heavy (non-hydrogen) atoms. The minimum Gasteiger partial charge on any atom is -0.481 e. The summed E-state index contributed by atoms with van der Waals surface area (Å²) in [5.41, 5.74) is -1.61. The van der Waals surface area contributed by atoms with Gasteiger partial charge in [0.2, 0.25) is 0 Å². The van der Waals surface area contributed by atoms with Crippen molar-refractivity contribution in [3.8, 4) is 0 Å². The van der Waals surface area contributed by atoms with Gasteiger partial charge in [-0.25, -0.2) is 4.79 Å². The Morgan fingerprint density at radius 3 is 1.72 bits per heavy atom. The van der Waals surface area contributed by atoms with E-state index in [0.29, 0.717) is 0 Å². The molecule has 0 aromatic heterocycles. The summed E-state index contributed by atoms with van der Waals surface area (Å²) < 4.78 is 3.71. The Labute approximate surface area is 101 Å². The van der Waals surface area contributed by atoms with Gasteiger partial charge in [0.15, 0.2) is 5.92 Å². The second-order valence-corrected chi connectivity index (χ2v) is 3.76. The first-order chi connectivity index (χ1) is 8.31.